The number of amides is 2. The quantitative estimate of drug-likeness (QED) is 0.382. The molecule has 1 saturated heterocycles. The Labute approximate surface area is 208 Å². The van der Waals surface area contributed by atoms with E-state index in [9.17, 15) is 14.4 Å². The minimum Gasteiger partial charge on any atom is -0.490 e. The molecule has 0 spiro atoms. The zero-order chi connectivity index (χ0) is 25.5. The zero-order valence-electron chi connectivity index (χ0n) is 20.4. The summed E-state index contributed by atoms with van der Waals surface area (Å²) in [4.78, 5) is 39.3. The number of aromatic nitrogens is 2. The van der Waals surface area contributed by atoms with Crippen molar-refractivity contribution in [1.82, 2.24) is 20.1 Å². The number of hydrogen-bond acceptors (Lipinski definition) is 7. The van der Waals surface area contributed by atoms with Crippen molar-refractivity contribution >= 4 is 28.8 Å². The number of nitrogens with zero attached hydrogens (tertiary/aromatic N) is 4. The van der Waals surface area contributed by atoms with Crippen molar-refractivity contribution in [2.45, 2.75) is 26.2 Å². The van der Waals surface area contributed by atoms with Crippen LogP contribution in [0.3, 0.4) is 0 Å². The molecule has 36 heavy (non-hydrogen) atoms. The molecule has 0 radical (unpaired) electrons. The summed E-state index contributed by atoms with van der Waals surface area (Å²) in [7, 11) is 1.49. The van der Waals surface area contributed by atoms with Crippen LogP contribution in [0.1, 0.15) is 42.2 Å². The summed E-state index contributed by atoms with van der Waals surface area (Å²) in [6, 6.07) is 12.0. The molecule has 0 saturated carbocycles. The van der Waals surface area contributed by atoms with Gasteiger partial charge in [-0.3, -0.25) is 14.4 Å². The number of carbonyl (C=O) groups excluding carboxylic acids is 2. The molecule has 1 N–H and O–H groups in total. The fourth-order valence-electron chi connectivity index (χ4n) is 4.05. The van der Waals surface area contributed by atoms with Crippen molar-refractivity contribution in [1.29, 1.82) is 0 Å². The van der Waals surface area contributed by atoms with Crippen molar-refractivity contribution in [2.75, 3.05) is 26.3 Å². The number of carbonyl (C=O) groups is 2. The molecule has 0 bridgehead atoms. The molecule has 2 aromatic carbocycles. The Kier molecular flexibility index (Phi) is 7.94. The lowest BCUT2D eigenvalue weighted by molar-refractivity contribution is -0.134. The van der Waals surface area contributed by atoms with Crippen molar-refractivity contribution < 1.29 is 19.1 Å². The molecule has 10 heteroatoms. The van der Waals surface area contributed by atoms with E-state index in [1.165, 1.54) is 13.3 Å². The van der Waals surface area contributed by atoms with Crippen molar-refractivity contribution in [2.24, 2.45) is 12.1 Å². The second-order valence-corrected chi connectivity index (χ2v) is 8.39. The van der Waals surface area contributed by atoms with Gasteiger partial charge in [0, 0.05) is 25.5 Å². The Morgan fingerprint density at radius 2 is 1.81 bits per heavy atom. The molecular weight excluding hydrogens is 462 g/mol. The van der Waals surface area contributed by atoms with Gasteiger partial charge in [-0.2, -0.15) is 10.2 Å². The van der Waals surface area contributed by atoms with Crippen LogP contribution < -0.4 is 20.5 Å². The molecule has 0 aliphatic carbocycles. The molecule has 10 nitrogen and oxygen atoms in total. The molecular formula is C26H29N5O5. The fourth-order valence-corrected chi connectivity index (χ4v) is 4.05. The Balaban J connectivity index is 1.44. The van der Waals surface area contributed by atoms with Gasteiger partial charge in [0.05, 0.1) is 18.2 Å². The second kappa shape index (κ2) is 11.5. The summed E-state index contributed by atoms with van der Waals surface area (Å²) in [5, 5.41) is 8.98. The lowest BCUT2D eigenvalue weighted by Gasteiger charge is -2.26. The molecule has 0 unspecified atom stereocenters. The van der Waals surface area contributed by atoms with Crippen molar-refractivity contribution in [3.8, 4) is 11.5 Å². The number of aryl methyl sites for hydroxylation is 1. The Morgan fingerprint density at radius 1 is 1.06 bits per heavy atom. The van der Waals surface area contributed by atoms with Crippen LogP contribution in [0.5, 0.6) is 11.5 Å². The van der Waals surface area contributed by atoms with Gasteiger partial charge in [0.2, 0.25) is 0 Å². The summed E-state index contributed by atoms with van der Waals surface area (Å²) in [6.07, 6.45) is 4.67. The summed E-state index contributed by atoms with van der Waals surface area (Å²) in [5.41, 5.74) is 2.93. The number of benzene rings is 2. The van der Waals surface area contributed by atoms with Crippen LogP contribution in [0.4, 0.5) is 0 Å². The lowest BCUT2D eigenvalue weighted by atomic mass is 10.1. The van der Waals surface area contributed by atoms with E-state index in [-0.39, 0.29) is 23.8 Å². The van der Waals surface area contributed by atoms with Crippen LogP contribution in [0.25, 0.3) is 10.8 Å². The van der Waals surface area contributed by atoms with E-state index in [1.54, 1.807) is 42.5 Å². The van der Waals surface area contributed by atoms with Gasteiger partial charge >= 0.3 is 0 Å². The first-order chi connectivity index (χ1) is 17.5. The Morgan fingerprint density at radius 3 is 2.56 bits per heavy atom. The summed E-state index contributed by atoms with van der Waals surface area (Å²) < 4.78 is 12.6. The number of hydrazone groups is 1. The van der Waals surface area contributed by atoms with Crippen LogP contribution >= 0.6 is 0 Å². The van der Waals surface area contributed by atoms with Crippen LogP contribution in [0.15, 0.2) is 52.4 Å². The van der Waals surface area contributed by atoms with Gasteiger partial charge in [-0.05, 0) is 56.0 Å². The standard InChI is InChI=1S/C26H29N5O5/c1-3-35-22-15-18(11-12-21(22)36-17-23(32)31-13-7-4-8-14-31)16-27-28-25(33)24-19-9-5-6-10-20(19)26(34)30(2)29-24/h5-6,9-12,15-16H,3-4,7-8,13-14,17H2,1-2H3,(H,28,33)/b27-16+. The van der Waals surface area contributed by atoms with Gasteiger partial charge < -0.3 is 14.4 Å². The predicted octanol–water partition coefficient (Wildman–Crippen LogP) is 2.49. The minimum absolute atomic E-state index is 0.0370. The lowest BCUT2D eigenvalue weighted by Crippen LogP contribution is -2.38. The molecule has 2 amide bonds. The molecule has 2 heterocycles. The topological polar surface area (TPSA) is 115 Å². The number of ether oxygens (including phenoxy) is 2. The van der Waals surface area contributed by atoms with E-state index in [2.05, 4.69) is 15.6 Å². The molecule has 188 valence electrons. The molecule has 3 aromatic rings. The average molecular weight is 492 g/mol. The Bertz CT molecular complexity index is 1340. The van der Waals surface area contributed by atoms with E-state index in [0.717, 1.165) is 37.0 Å². The van der Waals surface area contributed by atoms with Gasteiger partial charge in [-0.15, -0.1) is 0 Å². The maximum absolute atomic E-state index is 12.7. The fraction of sp³-hybridized carbons (Fsp3) is 0.346. The molecule has 4 rings (SSSR count). The minimum atomic E-state index is -0.542. The second-order valence-electron chi connectivity index (χ2n) is 8.39. The number of likely N-dealkylation sites (tertiary alicyclic amines) is 1. The summed E-state index contributed by atoms with van der Waals surface area (Å²) in [6.45, 7) is 3.76. The SMILES string of the molecule is CCOc1cc(/C=N/NC(=O)c2nn(C)c(=O)c3ccccc23)ccc1OCC(=O)N1CCCCC1. The Hall–Kier alpha value is -4.21. The molecule has 0 atom stereocenters. The van der Waals surface area contributed by atoms with Crippen LogP contribution in [-0.4, -0.2) is 59.0 Å². The average Bonchev–Trinajstić information content (AvgIpc) is 2.90. The van der Waals surface area contributed by atoms with Gasteiger partial charge in [-0.25, -0.2) is 10.1 Å². The largest absolute Gasteiger partial charge is 0.490 e. The number of piperidine rings is 1. The van der Waals surface area contributed by atoms with Gasteiger partial charge in [-0.1, -0.05) is 18.2 Å². The highest BCUT2D eigenvalue weighted by molar-refractivity contribution is 6.05. The van der Waals surface area contributed by atoms with Gasteiger partial charge in [0.15, 0.2) is 23.8 Å². The third-order valence-corrected chi connectivity index (χ3v) is 5.88. The monoisotopic (exact) mass is 491 g/mol. The number of nitrogens with one attached hydrogen (secondary N) is 1. The maximum Gasteiger partial charge on any atom is 0.292 e. The summed E-state index contributed by atoms with van der Waals surface area (Å²) in [5.74, 6) is 0.360. The molecule has 1 aliphatic rings. The third-order valence-electron chi connectivity index (χ3n) is 5.88. The van der Waals surface area contributed by atoms with E-state index in [1.807, 2.05) is 11.8 Å². The molecule has 1 fully saturated rings. The van der Waals surface area contributed by atoms with Crippen molar-refractivity contribution in [3.63, 3.8) is 0 Å². The van der Waals surface area contributed by atoms with E-state index >= 15 is 0 Å². The van der Waals surface area contributed by atoms with Crippen molar-refractivity contribution in [3.05, 3.63) is 64.1 Å². The van der Waals surface area contributed by atoms with Gasteiger partial charge in [0.25, 0.3) is 17.4 Å². The highest BCUT2D eigenvalue weighted by Crippen LogP contribution is 2.28. The van der Waals surface area contributed by atoms with Crippen LogP contribution in [0.2, 0.25) is 0 Å². The highest BCUT2D eigenvalue weighted by Gasteiger charge is 2.18. The van der Waals surface area contributed by atoms with E-state index < -0.39 is 5.91 Å². The van der Waals surface area contributed by atoms with Gasteiger partial charge in [0.1, 0.15) is 0 Å². The van der Waals surface area contributed by atoms with Crippen LogP contribution in [0, 0.1) is 0 Å². The number of rotatable bonds is 8. The van der Waals surface area contributed by atoms with Crippen LogP contribution in [-0.2, 0) is 11.8 Å². The normalized spacial score (nSPS) is 13.7. The maximum atomic E-state index is 12.7. The van der Waals surface area contributed by atoms with E-state index in [4.69, 9.17) is 9.47 Å². The molecule has 1 aromatic heterocycles. The first kappa shape index (κ1) is 24.9. The van der Waals surface area contributed by atoms with E-state index in [0.29, 0.717) is 34.4 Å². The zero-order valence-corrected chi connectivity index (χ0v) is 20.4. The first-order valence-electron chi connectivity index (χ1n) is 11.9. The summed E-state index contributed by atoms with van der Waals surface area (Å²) >= 11 is 0. The smallest absolute Gasteiger partial charge is 0.292 e. The molecule has 1 aliphatic heterocycles. The predicted molar refractivity (Wildman–Crippen MR) is 136 cm³/mol. The highest BCUT2D eigenvalue weighted by atomic mass is 16.5. The third kappa shape index (κ3) is 5.70. The first-order valence-corrected chi connectivity index (χ1v) is 11.9. The number of fused-ring (bicyclic) bond motifs is 1. The number of hydrogen-bond donors (Lipinski definition) is 1.